The zero-order valence-electron chi connectivity index (χ0n) is 12.1. The zero-order valence-corrected chi connectivity index (χ0v) is 14.3. The first-order chi connectivity index (χ1) is 10.9. The maximum Gasteiger partial charge on any atom is 2.00 e. The van der Waals surface area contributed by atoms with Crippen molar-refractivity contribution in [1.82, 2.24) is 14.9 Å². The molecule has 0 radical (unpaired) electrons. The Morgan fingerprint density at radius 2 is 1.74 bits per heavy atom. The molecule has 0 saturated heterocycles. The third-order valence-electron chi connectivity index (χ3n) is 2.87. The van der Waals surface area contributed by atoms with Crippen LogP contribution in [0.25, 0.3) is 16.9 Å². The van der Waals surface area contributed by atoms with Crippen molar-refractivity contribution < 1.29 is 25.6 Å². The van der Waals surface area contributed by atoms with Crippen molar-refractivity contribution in [3.63, 3.8) is 0 Å². The van der Waals surface area contributed by atoms with Gasteiger partial charge in [-0.05, 0) is 17.8 Å². The molecule has 116 valence electrons. The minimum atomic E-state index is 0. The van der Waals surface area contributed by atoms with Crippen LogP contribution in [0.2, 0.25) is 0 Å². The fraction of sp³-hybridized carbons (Fsp3) is 0. The van der Waals surface area contributed by atoms with Crippen molar-refractivity contribution >= 4 is 0 Å². The zero-order chi connectivity index (χ0) is 15.0. The van der Waals surface area contributed by atoms with Crippen LogP contribution in [0.15, 0.2) is 83.8 Å². The van der Waals surface area contributed by atoms with Gasteiger partial charge in [0.15, 0.2) is 0 Å². The standard InChI is InChI=1S/C9H7N2.C9H6NO.Pt/c1-2-5-9(6-3-1)11-8-4-7-10-11;1-2-4-8(5-3-1)9-6-7-11-10-9;/h1-5,7-8H;1-4,6-7H;/q2*-1;+2. The van der Waals surface area contributed by atoms with Crippen molar-refractivity contribution in [2.75, 3.05) is 0 Å². The third kappa shape index (κ3) is 4.76. The summed E-state index contributed by atoms with van der Waals surface area (Å²) in [7, 11) is 0. The van der Waals surface area contributed by atoms with Crippen LogP contribution in [0.3, 0.4) is 0 Å². The van der Waals surface area contributed by atoms with E-state index in [9.17, 15) is 0 Å². The average Bonchev–Trinajstić information content (AvgIpc) is 3.31. The second-order valence-electron chi connectivity index (χ2n) is 4.36. The van der Waals surface area contributed by atoms with Gasteiger partial charge in [0.05, 0.1) is 0 Å². The van der Waals surface area contributed by atoms with Gasteiger partial charge in [-0.25, -0.2) is 0 Å². The second kappa shape index (κ2) is 8.86. The molecule has 0 atom stereocenters. The molecular formula is C18H13N3OPt. The van der Waals surface area contributed by atoms with Crippen LogP contribution >= 0.6 is 0 Å². The van der Waals surface area contributed by atoms with Gasteiger partial charge in [0.1, 0.15) is 6.26 Å². The van der Waals surface area contributed by atoms with Crippen molar-refractivity contribution in [2.45, 2.75) is 0 Å². The molecule has 23 heavy (non-hydrogen) atoms. The van der Waals surface area contributed by atoms with Gasteiger partial charge in [0, 0.05) is 18.1 Å². The quantitative estimate of drug-likeness (QED) is 0.409. The van der Waals surface area contributed by atoms with E-state index in [0.717, 1.165) is 16.9 Å². The van der Waals surface area contributed by atoms with Crippen LogP contribution in [0.5, 0.6) is 0 Å². The number of benzene rings is 2. The van der Waals surface area contributed by atoms with Crippen LogP contribution in [0.1, 0.15) is 0 Å². The number of nitrogens with zero attached hydrogens (tertiary/aromatic N) is 3. The summed E-state index contributed by atoms with van der Waals surface area (Å²) in [6, 6.07) is 25.2. The van der Waals surface area contributed by atoms with E-state index in [2.05, 4.69) is 22.4 Å². The summed E-state index contributed by atoms with van der Waals surface area (Å²) >= 11 is 0. The molecular weight excluding hydrogens is 469 g/mol. The van der Waals surface area contributed by atoms with E-state index in [1.54, 1.807) is 17.1 Å². The minimum absolute atomic E-state index is 0. The summed E-state index contributed by atoms with van der Waals surface area (Å²) in [6.45, 7) is 0. The predicted octanol–water partition coefficient (Wildman–Crippen LogP) is 3.81. The number of hydrogen-bond acceptors (Lipinski definition) is 3. The molecule has 0 N–H and O–H groups in total. The Morgan fingerprint density at radius 3 is 2.30 bits per heavy atom. The number of aromatic nitrogens is 3. The first-order valence-corrected chi connectivity index (χ1v) is 6.78. The van der Waals surface area contributed by atoms with Gasteiger partial charge in [-0.15, -0.1) is 47.1 Å². The average molecular weight is 482 g/mol. The topological polar surface area (TPSA) is 43.9 Å². The van der Waals surface area contributed by atoms with E-state index in [1.165, 1.54) is 0 Å². The maximum atomic E-state index is 4.70. The molecule has 4 rings (SSSR count). The van der Waals surface area contributed by atoms with E-state index in [4.69, 9.17) is 4.52 Å². The Balaban J connectivity index is 0.000000160. The van der Waals surface area contributed by atoms with Gasteiger partial charge in [0.2, 0.25) is 0 Å². The minimum Gasteiger partial charge on any atom is -0.375 e. The van der Waals surface area contributed by atoms with Crippen molar-refractivity contribution in [2.24, 2.45) is 0 Å². The van der Waals surface area contributed by atoms with Gasteiger partial charge in [-0.3, -0.25) is 4.68 Å². The van der Waals surface area contributed by atoms with Crippen LogP contribution in [0.4, 0.5) is 0 Å². The second-order valence-corrected chi connectivity index (χ2v) is 4.36. The van der Waals surface area contributed by atoms with Crippen LogP contribution < -0.4 is 0 Å². The molecule has 0 bridgehead atoms. The van der Waals surface area contributed by atoms with Crippen LogP contribution in [-0.4, -0.2) is 14.9 Å². The molecule has 0 fully saturated rings. The molecule has 0 aliphatic carbocycles. The molecule has 4 nitrogen and oxygen atoms in total. The summed E-state index contributed by atoms with van der Waals surface area (Å²) in [6.07, 6.45) is 5.20. The van der Waals surface area contributed by atoms with E-state index < -0.39 is 0 Å². The molecule has 0 saturated carbocycles. The van der Waals surface area contributed by atoms with Crippen LogP contribution in [-0.2, 0) is 21.1 Å². The molecule has 0 amide bonds. The van der Waals surface area contributed by atoms with E-state index in [0.29, 0.717) is 0 Å². The summed E-state index contributed by atoms with van der Waals surface area (Å²) in [5.41, 5.74) is 2.75. The van der Waals surface area contributed by atoms with Gasteiger partial charge >= 0.3 is 21.1 Å². The largest absolute Gasteiger partial charge is 2.00 e. The fourth-order valence-corrected chi connectivity index (χ4v) is 1.84. The third-order valence-corrected chi connectivity index (χ3v) is 2.87. The summed E-state index contributed by atoms with van der Waals surface area (Å²) in [4.78, 5) is 0. The van der Waals surface area contributed by atoms with Gasteiger partial charge in [-0.1, -0.05) is 0 Å². The van der Waals surface area contributed by atoms with Gasteiger partial charge in [0.25, 0.3) is 0 Å². The number of hydrogen-bond donors (Lipinski definition) is 0. The Hall–Kier alpha value is -2.45. The van der Waals surface area contributed by atoms with Gasteiger partial charge < -0.3 is 4.52 Å². The molecule has 0 unspecified atom stereocenters. The molecule has 0 aliphatic rings. The molecule has 0 spiro atoms. The first-order valence-electron chi connectivity index (χ1n) is 6.78. The molecule has 2 aromatic carbocycles. The van der Waals surface area contributed by atoms with Crippen molar-refractivity contribution in [1.29, 1.82) is 0 Å². The summed E-state index contributed by atoms with van der Waals surface area (Å²) in [5.74, 6) is 0. The number of rotatable bonds is 2. The Kier molecular flexibility index (Phi) is 6.52. The Bertz CT molecular complexity index is 700. The maximum absolute atomic E-state index is 4.70. The summed E-state index contributed by atoms with van der Waals surface area (Å²) in [5, 5.41) is 7.85. The first kappa shape index (κ1) is 16.9. The predicted molar refractivity (Wildman–Crippen MR) is 83.2 cm³/mol. The number of para-hydroxylation sites is 1. The summed E-state index contributed by atoms with van der Waals surface area (Å²) < 4.78 is 6.48. The normalized spacial score (nSPS) is 9.39. The monoisotopic (exact) mass is 482 g/mol. The Morgan fingerprint density at radius 1 is 0.913 bits per heavy atom. The Labute approximate surface area is 149 Å². The smallest absolute Gasteiger partial charge is 0.375 e. The van der Waals surface area contributed by atoms with E-state index in [-0.39, 0.29) is 21.1 Å². The fourth-order valence-electron chi connectivity index (χ4n) is 1.84. The SMILES string of the molecule is [Pt+2].[c-]1ccccc1-c1ccon1.[c-]1ccccc1-n1cccn1. The molecule has 0 aliphatic heterocycles. The molecule has 4 aromatic rings. The van der Waals surface area contributed by atoms with E-state index in [1.807, 2.05) is 66.9 Å². The van der Waals surface area contributed by atoms with Crippen molar-refractivity contribution in [3.8, 4) is 16.9 Å². The van der Waals surface area contributed by atoms with Crippen LogP contribution in [0, 0.1) is 12.1 Å². The van der Waals surface area contributed by atoms with Crippen molar-refractivity contribution in [3.05, 3.63) is 91.5 Å². The molecule has 5 heteroatoms. The van der Waals surface area contributed by atoms with Gasteiger partial charge in [-0.2, -0.15) is 29.4 Å². The molecule has 2 heterocycles. The molecule has 2 aromatic heterocycles. The van der Waals surface area contributed by atoms with E-state index >= 15 is 0 Å².